The second-order valence-electron chi connectivity index (χ2n) is 5.89. The van der Waals surface area contributed by atoms with Crippen LogP contribution in [0.25, 0.3) is 0 Å². The maximum Gasteiger partial charge on any atom is 0.267 e. The summed E-state index contributed by atoms with van der Waals surface area (Å²) >= 11 is 0. The number of nitriles is 1. The Morgan fingerprint density at radius 1 is 1.15 bits per heavy atom. The summed E-state index contributed by atoms with van der Waals surface area (Å²) in [6, 6.07) is 15.1. The number of ether oxygens (including phenoxy) is 2. The molecule has 2 N–H and O–H groups in total. The van der Waals surface area contributed by atoms with E-state index in [0.29, 0.717) is 23.7 Å². The first-order chi connectivity index (χ1) is 13.1. The lowest BCUT2D eigenvalue weighted by Crippen LogP contribution is -2.18. The van der Waals surface area contributed by atoms with Crippen LogP contribution in [0.2, 0.25) is 0 Å². The van der Waals surface area contributed by atoms with Crippen molar-refractivity contribution in [2.24, 2.45) is 0 Å². The molecule has 0 aliphatic carbocycles. The van der Waals surface area contributed by atoms with Crippen LogP contribution in [-0.2, 0) is 11.2 Å². The first kappa shape index (κ1) is 19.9. The molecule has 0 heterocycles. The van der Waals surface area contributed by atoms with E-state index in [-0.39, 0.29) is 5.57 Å². The lowest BCUT2D eigenvalue weighted by Gasteiger charge is -2.10. The van der Waals surface area contributed by atoms with Crippen molar-refractivity contribution < 1.29 is 14.3 Å². The van der Waals surface area contributed by atoms with Crippen LogP contribution in [0.3, 0.4) is 0 Å². The topological polar surface area (TPSA) is 83.4 Å². The summed E-state index contributed by atoms with van der Waals surface area (Å²) in [5, 5.41) is 14.9. The second-order valence-corrected chi connectivity index (χ2v) is 5.89. The summed E-state index contributed by atoms with van der Waals surface area (Å²) in [7, 11) is 3.05. The Hall–Kier alpha value is -3.46. The number of aryl methyl sites for hydroxylation is 1. The molecule has 140 valence electrons. The van der Waals surface area contributed by atoms with E-state index in [1.807, 2.05) is 31.2 Å². The normalized spacial score (nSPS) is 10.7. The van der Waals surface area contributed by atoms with E-state index in [4.69, 9.17) is 9.47 Å². The predicted molar refractivity (Wildman–Crippen MR) is 105 cm³/mol. The highest BCUT2D eigenvalue weighted by molar-refractivity contribution is 6.06. The number of carbonyl (C=O) groups excluding carboxylic acids is 1. The number of anilines is 1. The van der Waals surface area contributed by atoms with Crippen LogP contribution < -0.4 is 20.1 Å². The minimum Gasteiger partial charge on any atom is -0.493 e. The van der Waals surface area contributed by atoms with Crippen LogP contribution in [0.4, 0.5) is 5.69 Å². The van der Waals surface area contributed by atoms with Gasteiger partial charge >= 0.3 is 0 Å². The minimum atomic E-state index is -0.493. The molecule has 2 aromatic rings. The van der Waals surface area contributed by atoms with Crippen LogP contribution >= 0.6 is 0 Å². The van der Waals surface area contributed by atoms with Crippen molar-refractivity contribution in [2.45, 2.75) is 13.3 Å². The Morgan fingerprint density at radius 3 is 2.59 bits per heavy atom. The fourth-order valence-electron chi connectivity index (χ4n) is 2.52. The van der Waals surface area contributed by atoms with Crippen LogP contribution in [0.15, 0.2) is 54.2 Å². The molecule has 0 unspecified atom stereocenters. The van der Waals surface area contributed by atoms with Gasteiger partial charge in [0, 0.05) is 24.5 Å². The van der Waals surface area contributed by atoms with Crippen molar-refractivity contribution in [2.75, 3.05) is 26.1 Å². The van der Waals surface area contributed by atoms with Crippen molar-refractivity contribution in [3.63, 3.8) is 0 Å². The highest BCUT2D eigenvalue weighted by atomic mass is 16.5. The summed E-state index contributed by atoms with van der Waals surface area (Å²) in [6.45, 7) is 2.67. The monoisotopic (exact) mass is 365 g/mol. The molecule has 0 radical (unpaired) electrons. The van der Waals surface area contributed by atoms with Crippen LogP contribution in [-0.4, -0.2) is 26.7 Å². The Morgan fingerprint density at radius 2 is 1.93 bits per heavy atom. The lowest BCUT2D eigenvalue weighted by atomic mass is 10.1. The molecular weight excluding hydrogens is 342 g/mol. The third-order valence-electron chi connectivity index (χ3n) is 3.89. The molecule has 0 aromatic heterocycles. The van der Waals surface area contributed by atoms with Gasteiger partial charge in [-0.3, -0.25) is 4.79 Å². The molecule has 0 saturated carbocycles. The minimum absolute atomic E-state index is 0.00553. The van der Waals surface area contributed by atoms with Gasteiger partial charge in [-0.05, 0) is 31.0 Å². The molecule has 0 spiro atoms. The number of carbonyl (C=O) groups is 1. The fourth-order valence-corrected chi connectivity index (χ4v) is 2.52. The number of nitrogens with one attached hydrogen (secondary N) is 2. The van der Waals surface area contributed by atoms with E-state index in [2.05, 4.69) is 16.7 Å². The largest absolute Gasteiger partial charge is 0.493 e. The number of amides is 1. The summed E-state index contributed by atoms with van der Waals surface area (Å²) < 4.78 is 10.4. The van der Waals surface area contributed by atoms with Crippen molar-refractivity contribution >= 4 is 11.6 Å². The van der Waals surface area contributed by atoms with E-state index < -0.39 is 5.91 Å². The molecule has 0 saturated heterocycles. The van der Waals surface area contributed by atoms with Gasteiger partial charge in [0.1, 0.15) is 11.6 Å². The van der Waals surface area contributed by atoms with E-state index in [0.717, 1.165) is 6.42 Å². The van der Waals surface area contributed by atoms with Gasteiger partial charge in [0.15, 0.2) is 11.5 Å². The van der Waals surface area contributed by atoms with E-state index in [1.165, 1.54) is 31.5 Å². The van der Waals surface area contributed by atoms with Crippen molar-refractivity contribution in [3.05, 3.63) is 65.4 Å². The molecule has 2 rings (SSSR count). The van der Waals surface area contributed by atoms with Gasteiger partial charge in [-0.1, -0.05) is 29.8 Å². The average molecular weight is 365 g/mol. The zero-order chi connectivity index (χ0) is 19.6. The molecule has 1 amide bonds. The number of nitrogens with zero attached hydrogens (tertiary/aromatic N) is 1. The third kappa shape index (κ3) is 5.79. The van der Waals surface area contributed by atoms with Gasteiger partial charge in [-0.15, -0.1) is 0 Å². The number of hydrogen-bond donors (Lipinski definition) is 2. The fraction of sp³-hybridized carbons (Fsp3) is 0.238. The number of rotatable bonds is 8. The molecule has 0 fully saturated rings. The smallest absolute Gasteiger partial charge is 0.267 e. The number of methoxy groups -OCH3 is 2. The molecule has 6 nitrogen and oxygen atoms in total. The van der Waals surface area contributed by atoms with E-state index in [1.54, 1.807) is 18.2 Å². The van der Waals surface area contributed by atoms with Gasteiger partial charge in [0.2, 0.25) is 0 Å². The average Bonchev–Trinajstić information content (AvgIpc) is 2.67. The van der Waals surface area contributed by atoms with E-state index >= 15 is 0 Å². The summed E-state index contributed by atoms with van der Waals surface area (Å²) in [5.74, 6) is 0.561. The molecule has 2 aromatic carbocycles. The quantitative estimate of drug-likeness (QED) is 0.426. The van der Waals surface area contributed by atoms with Crippen LogP contribution in [0.1, 0.15) is 11.1 Å². The standard InChI is InChI=1S/C21H23N3O3/c1-15-5-4-6-16(11-15)9-10-23-14-17(13-22)21(25)24-18-7-8-19(26-2)20(12-18)27-3/h4-8,11-12,14,23H,9-10H2,1-3H3,(H,24,25)/b17-14-. The van der Waals surface area contributed by atoms with Crippen LogP contribution in [0.5, 0.6) is 11.5 Å². The predicted octanol–water partition coefficient (Wildman–Crippen LogP) is 3.19. The maximum atomic E-state index is 12.3. The van der Waals surface area contributed by atoms with E-state index in [9.17, 15) is 10.1 Å². The molecular formula is C21H23N3O3. The Kier molecular flexibility index (Phi) is 7.26. The van der Waals surface area contributed by atoms with Gasteiger partial charge in [0.25, 0.3) is 5.91 Å². The Labute approximate surface area is 159 Å². The molecule has 0 aliphatic rings. The Bertz CT molecular complexity index is 869. The number of hydrogen-bond acceptors (Lipinski definition) is 5. The first-order valence-electron chi connectivity index (χ1n) is 8.50. The van der Waals surface area contributed by atoms with Crippen molar-refractivity contribution in [3.8, 4) is 17.6 Å². The highest BCUT2D eigenvalue weighted by Crippen LogP contribution is 2.29. The maximum absolute atomic E-state index is 12.3. The molecule has 27 heavy (non-hydrogen) atoms. The van der Waals surface area contributed by atoms with Crippen LogP contribution in [0, 0.1) is 18.3 Å². The summed E-state index contributed by atoms with van der Waals surface area (Å²) in [5.41, 5.74) is 2.91. The lowest BCUT2D eigenvalue weighted by molar-refractivity contribution is -0.112. The van der Waals surface area contributed by atoms with Crippen molar-refractivity contribution in [1.29, 1.82) is 5.26 Å². The Balaban J connectivity index is 1.95. The SMILES string of the molecule is COc1ccc(NC(=O)/C(C#N)=C\NCCc2cccc(C)c2)cc1OC. The first-order valence-corrected chi connectivity index (χ1v) is 8.50. The molecule has 0 bridgehead atoms. The van der Waals surface area contributed by atoms with Gasteiger partial charge in [-0.25, -0.2) is 0 Å². The van der Waals surface area contributed by atoms with Gasteiger partial charge in [-0.2, -0.15) is 5.26 Å². The number of benzene rings is 2. The highest BCUT2D eigenvalue weighted by Gasteiger charge is 2.11. The second kappa shape index (κ2) is 9.88. The van der Waals surface area contributed by atoms with Gasteiger partial charge in [0.05, 0.1) is 14.2 Å². The van der Waals surface area contributed by atoms with Gasteiger partial charge < -0.3 is 20.1 Å². The summed E-state index contributed by atoms with van der Waals surface area (Å²) in [4.78, 5) is 12.3. The molecule has 0 atom stereocenters. The third-order valence-corrected chi connectivity index (χ3v) is 3.89. The zero-order valence-electron chi connectivity index (χ0n) is 15.7. The zero-order valence-corrected chi connectivity index (χ0v) is 15.7. The molecule has 6 heteroatoms. The molecule has 0 aliphatic heterocycles. The summed E-state index contributed by atoms with van der Waals surface area (Å²) in [6.07, 6.45) is 2.24. The van der Waals surface area contributed by atoms with Crippen molar-refractivity contribution in [1.82, 2.24) is 5.32 Å².